The molecule has 0 atom stereocenters. The molecule has 3 heterocycles. The van der Waals surface area contributed by atoms with E-state index < -0.39 is 5.97 Å². The van der Waals surface area contributed by atoms with Crippen LogP contribution in [0.3, 0.4) is 0 Å². The summed E-state index contributed by atoms with van der Waals surface area (Å²) < 4.78 is 3.62. The van der Waals surface area contributed by atoms with Crippen LogP contribution in [0.1, 0.15) is 52.4 Å². The zero-order valence-electron chi connectivity index (χ0n) is 15.6. The van der Waals surface area contributed by atoms with Crippen molar-refractivity contribution < 1.29 is 9.90 Å². The van der Waals surface area contributed by atoms with Gasteiger partial charge in [0, 0.05) is 19.2 Å². The second-order valence-electron chi connectivity index (χ2n) is 7.49. The molecule has 0 unspecified atom stereocenters. The molecule has 1 N–H and O–H groups in total. The van der Waals surface area contributed by atoms with Crippen LogP contribution in [0.2, 0.25) is 0 Å². The molecule has 142 valence electrons. The first-order chi connectivity index (χ1) is 13.5. The Balaban J connectivity index is 1.68. The maximum Gasteiger partial charge on any atom is 0.335 e. The molecule has 0 spiro atoms. The van der Waals surface area contributed by atoms with Gasteiger partial charge in [-0.2, -0.15) is 5.10 Å². The van der Waals surface area contributed by atoms with Gasteiger partial charge in [0.1, 0.15) is 5.82 Å². The molecule has 0 amide bonds. The minimum absolute atomic E-state index is 0.118. The number of carboxylic acids is 1. The summed E-state index contributed by atoms with van der Waals surface area (Å²) in [7, 11) is 1.96. The van der Waals surface area contributed by atoms with Crippen LogP contribution in [0.15, 0.2) is 23.0 Å². The molecule has 1 aliphatic carbocycles. The van der Waals surface area contributed by atoms with Crippen molar-refractivity contribution in [3.8, 4) is 0 Å². The summed E-state index contributed by atoms with van der Waals surface area (Å²) in [5.74, 6) is -0.396. The fourth-order valence-corrected chi connectivity index (χ4v) is 4.34. The molecule has 0 saturated carbocycles. The number of nitrogens with zero attached hydrogens (tertiary/aromatic N) is 4. The molecule has 1 aliphatic heterocycles. The first-order valence-corrected chi connectivity index (χ1v) is 9.56. The summed E-state index contributed by atoms with van der Waals surface area (Å²) in [6.07, 6.45) is 7.23. The standard InChI is InChI=1S/C21H20N4O3/c1-24-18(14-4-2-3-5-16(14)23-24)11-12-8-9-25-19(12)22-17-10-13(21(27)28)6-7-15(17)20(25)26/h6-7,10-11H,2-5,8-9H2,1H3,(H,27,28). The minimum atomic E-state index is -1.03. The van der Waals surface area contributed by atoms with Gasteiger partial charge in [-0.25, -0.2) is 9.78 Å². The highest BCUT2D eigenvalue weighted by atomic mass is 16.4. The lowest BCUT2D eigenvalue weighted by Crippen LogP contribution is -2.21. The van der Waals surface area contributed by atoms with Crippen LogP contribution in [0.4, 0.5) is 0 Å². The Morgan fingerprint density at radius 3 is 2.86 bits per heavy atom. The fourth-order valence-electron chi connectivity index (χ4n) is 4.34. The molecule has 1 aromatic carbocycles. The predicted octanol–water partition coefficient (Wildman–Crippen LogP) is 2.65. The van der Waals surface area contributed by atoms with Crippen molar-refractivity contribution in [2.24, 2.45) is 7.05 Å². The Morgan fingerprint density at radius 2 is 2.04 bits per heavy atom. The van der Waals surface area contributed by atoms with Gasteiger partial charge >= 0.3 is 5.97 Å². The summed E-state index contributed by atoms with van der Waals surface area (Å²) in [5.41, 5.74) is 5.00. The highest BCUT2D eigenvalue weighted by Crippen LogP contribution is 2.31. The molecule has 5 rings (SSSR count). The number of allylic oxidation sites excluding steroid dienone is 1. The van der Waals surface area contributed by atoms with Crippen LogP contribution in [-0.2, 0) is 26.4 Å². The van der Waals surface area contributed by atoms with Crippen molar-refractivity contribution in [3.63, 3.8) is 0 Å². The van der Waals surface area contributed by atoms with E-state index in [-0.39, 0.29) is 11.1 Å². The van der Waals surface area contributed by atoms with Crippen LogP contribution in [0, 0.1) is 0 Å². The largest absolute Gasteiger partial charge is 0.478 e. The van der Waals surface area contributed by atoms with Crippen LogP contribution in [0.5, 0.6) is 0 Å². The van der Waals surface area contributed by atoms with Crippen LogP contribution < -0.4 is 5.56 Å². The van der Waals surface area contributed by atoms with Gasteiger partial charge in [-0.15, -0.1) is 0 Å². The minimum Gasteiger partial charge on any atom is -0.478 e. The van der Waals surface area contributed by atoms with E-state index in [0.29, 0.717) is 23.3 Å². The average molecular weight is 376 g/mol. The number of hydrogen-bond donors (Lipinski definition) is 1. The number of aromatic nitrogens is 4. The monoisotopic (exact) mass is 376 g/mol. The maximum absolute atomic E-state index is 12.9. The van der Waals surface area contributed by atoms with Crippen LogP contribution in [-0.4, -0.2) is 30.4 Å². The van der Waals surface area contributed by atoms with Gasteiger partial charge in [-0.1, -0.05) is 0 Å². The first kappa shape index (κ1) is 16.9. The number of hydrogen-bond acceptors (Lipinski definition) is 4. The molecule has 2 aliphatic rings. The van der Waals surface area contributed by atoms with E-state index >= 15 is 0 Å². The third-order valence-electron chi connectivity index (χ3n) is 5.77. The summed E-state index contributed by atoms with van der Waals surface area (Å²) in [6.45, 7) is 0.587. The van der Waals surface area contributed by atoms with E-state index in [1.165, 1.54) is 36.2 Å². The lowest BCUT2D eigenvalue weighted by atomic mass is 9.95. The SMILES string of the molecule is Cn1nc2c(c1C=C1CCn3c1nc1cc(C(=O)O)ccc1c3=O)CCCC2. The quantitative estimate of drug-likeness (QED) is 0.743. The van der Waals surface area contributed by atoms with Crippen molar-refractivity contribution in [2.75, 3.05) is 0 Å². The molecular formula is C21H20N4O3. The second kappa shape index (κ2) is 6.15. The molecule has 7 nitrogen and oxygen atoms in total. The number of fused-ring (bicyclic) bond motifs is 3. The van der Waals surface area contributed by atoms with Crippen molar-refractivity contribution in [1.82, 2.24) is 19.3 Å². The van der Waals surface area contributed by atoms with E-state index in [9.17, 15) is 14.7 Å². The third-order valence-corrected chi connectivity index (χ3v) is 5.77. The van der Waals surface area contributed by atoms with E-state index in [4.69, 9.17) is 0 Å². The average Bonchev–Trinajstić information content (AvgIpc) is 3.23. The number of aromatic carboxylic acids is 1. The molecule has 7 heteroatoms. The maximum atomic E-state index is 12.9. The fraction of sp³-hybridized carbons (Fsp3) is 0.333. The Hall–Kier alpha value is -3.22. The zero-order chi connectivity index (χ0) is 19.4. The number of aryl methyl sites for hydroxylation is 2. The van der Waals surface area contributed by atoms with E-state index in [2.05, 4.69) is 16.2 Å². The highest BCUT2D eigenvalue weighted by Gasteiger charge is 2.24. The van der Waals surface area contributed by atoms with Crippen LogP contribution in [0.25, 0.3) is 22.6 Å². The molecule has 0 fully saturated rings. The molecule has 2 aromatic heterocycles. The second-order valence-corrected chi connectivity index (χ2v) is 7.49. The van der Waals surface area contributed by atoms with Crippen LogP contribution >= 0.6 is 0 Å². The molecule has 0 radical (unpaired) electrons. The highest BCUT2D eigenvalue weighted by molar-refractivity contribution is 5.93. The number of carboxylic acid groups (broad SMARTS) is 1. The molecular weight excluding hydrogens is 356 g/mol. The van der Waals surface area contributed by atoms with Gasteiger partial charge in [0.05, 0.1) is 27.9 Å². The zero-order valence-corrected chi connectivity index (χ0v) is 15.6. The smallest absolute Gasteiger partial charge is 0.335 e. The lowest BCUT2D eigenvalue weighted by molar-refractivity contribution is 0.0697. The van der Waals surface area contributed by atoms with Crippen molar-refractivity contribution in [1.29, 1.82) is 0 Å². The number of carbonyl (C=O) groups is 1. The number of benzene rings is 1. The van der Waals surface area contributed by atoms with Crippen molar-refractivity contribution in [3.05, 3.63) is 56.9 Å². The molecule has 0 bridgehead atoms. The number of rotatable bonds is 2. The van der Waals surface area contributed by atoms with Crippen molar-refractivity contribution >= 4 is 28.5 Å². The van der Waals surface area contributed by atoms with Gasteiger partial charge < -0.3 is 5.11 Å². The topological polar surface area (TPSA) is 90.0 Å². The predicted molar refractivity (Wildman–Crippen MR) is 105 cm³/mol. The third kappa shape index (κ3) is 2.50. The Kier molecular flexibility index (Phi) is 3.72. The first-order valence-electron chi connectivity index (χ1n) is 9.56. The van der Waals surface area contributed by atoms with Gasteiger partial charge in [-0.3, -0.25) is 14.0 Å². The van der Waals surface area contributed by atoms with E-state index in [1.54, 1.807) is 10.6 Å². The van der Waals surface area contributed by atoms with Gasteiger partial charge in [-0.05, 0) is 62.0 Å². The van der Waals surface area contributed by atoms with E-state index in [0.717, 1.165) is 30.5 Å². The molecule has 0 saturated heterocycles. The molecule has 3 aromatic rings. The summed E-state index contributed by atoms with van der Waals surface area (Å²) >= 11 is 0. The van der Waals surface area contributed by atoms with Crippen molar-refractivity contribution in [2.45, 2.75) is 38.6 Å². The summed E-state index contributed by atoms with van der Waals surface area (Å²) in [4.78, 5) is 28.8. The van der Waals surface area contributed by atoms with Gasteiger partial charge in [0.15, 0.2) is 0 Å². The molecule has 28 heavy (non-hydrogen) atoms. The van der Waals surface area contributed by atoms with Gasteiger partial charge in [0.2, 0.25) is 0 Å². The Morgan fingerprint density at radius 1 is 1.21 bits per heavy atom. The normalized spacial score (nSPS) is 17.1. The Bertz CT molecular complexity index is 1230. The Labute approximate surface area is 160 Å². The summed E-state index contributed by atoms with van der Waals surface area (Å²) in [6, 6.07) is 4.48. The summed E-state index contributed by atoms with van der Waals surface area (Å²) in [5, 5.41) is 14.4. The van der Waals surface area contributed by atoms with Gasteiger partial charge in [0.25, 0.3) is 5.56 Å². The van der Waals surface area contributed by atoms with E-state index in [1.807, 2.05) is 11.7 Å². The lowest BCUT2D eigenvalue weighted by Gasteiger charge is -2.10.